The molecule has 0 unspecified atom stereocenters. The fourth-order valence-corrected chi connectivity index (χ4v) is 2.61. The average molecular weight is 333 g/mol. The second-order valence-electron chi connectivity index (χ2n) is 4.70. The second-order valence-corrected chi connectivity index (χ2v) is 5.99. The van der Waals surface area contributed by atoms with E-state index in [2.05, 4.69) is 38.1 Å². The monoisotopic (exact) mass is 331 g/mol. The molecule has 0 amide bonds. The lowest BCUT2D eigenvalue weighted by Crippen LogP contribution is -2.45. The Morgan fingerprint density at radius 3 is 2.72 bits per heavy atom. The van der Waals surface area contributed by atoms with E-state index in [0.29, 0.717) is 0 Å². The van der Waals surface area contributed by atoms with E-state index in [4.69, 9.17) is 11.6 Å². The van der Waals surface area contributed by atoms with Crippen molar-refractivity contribution in [2.45, 2.75) is 0 Å². The number of nitrogens with zero attached hydrogens (tertiary/aromatic N) is 2. The highest BCUT2D eigenvalue weighted by molar-refractivity contribution is 9.10. The maximum atomic E-state index is 5.98. The smallest absolute Gasteiger partial charge is 0.0500 e. The Kier molecular flexibility index (Phi) is 5.30. The second kappa shape index (κ2) is 6.75. The van der Waals surface area contributed by atoms with E-state index in [-0.39, 0.29) is 0 Å². The molecular weight excluding hydrogens is 314 g/mol. The fourth-order valence-electron chi connectivity index (χ4n) is 2.05. The van der Waals surface area contributed by atoms with Crippen LogP contribution in [0.15, 0.2) is 22.7 Å². The summed E-state index contributed by atoms with van der Waals surface area (Å²) in [5.74, 6) is 0. The van der Waals surface area contributed by atoms with Gasteiger partial charge in [0, 0.05) is 54.5 Å². The third kappa shape index (κ3) is 4.12. The van der Waals surface area contributed by atoms with Gasteiger partial charge in [0.25, 0.3) is 0 Å². The molecular formula is C13H19BrClN3. The molecule has 0 spiro atoms. The van der Waals surface area contributed by atoms with Crippen molar-refractivity contribution in [2.75, 3.05) is 51.6 Å². The topological polar surface area (TPSA) is 18.5 Å². The molecule has 0 aromatic heterocycles. The Morgan fingerprint density at radius 1 is 1.28 bits per heavy atom. The summed E-state index contributed by atoms with van der Waals surface area (Å²) in [7, 11) is 2.18. The van der Waals surface area contributed by atoms with Gasteiger partial charge in [0.15, 0.2) is 0 Å². The summed E-state index contributed by atoms with van der Waals surface area (Å²) in [6.45, 7) is 6.68. The summed E-state index contributed by atoms with van der Waals surface area (Å²) in [6, 6.07) is 5.81. The van der Waals surface area contributed by atoms with E-state index >= 15 is 0 Å². The molecule has 0 radical (unpaired) electrons. The fraction of sp³-hybridized carbons (Fsp3) is 0.538. The maximum Gasteiger partial charge on any atom is 0.0500 e. The van der Waals surface area contributed by atoms with E-state index in [0.717, 1.165) is 41.4 Å². The van der Waals surface area contributed by atoms with Crippen LogP contribution in [0, 0.1) is 0 Å². The van der Waals surface area contributed by atoms with E-state index in [1.807, 2.05) is 18.2 Å². The summed E-state index contributed by atoms with van der Waals surface area (Å²) in [4.78, 5) is 4.86. The molecule has 5 heteroatoms. The Morgan fingerprint density at radius 2 is 2.00 bits per heavy atom. The first-order valence-electron chi connectivity index (χ1n) is 6.25. The summed E-state index contributed by atoms with van der Waals surface area (Å²) >= 11 is 9.51. The average Bonchev–Trinajstić information content (AvgIpc) is 2.36. The molecule has 0 saturated carbocycles. The predicted molar refractivity (Wildman–Crippen MR) is 81.6 cm³/mol. The molecule has 1 fully saturated rings. The van der Waals surface area contributed by atoms with Gasteiger partial charge < -0.3 is 10.2 Å². The van der Waals surface area contributed by atoms with E-state index in [1.54, 1.807) is 0 Å². The molecule has 1 N–H and O–H groups in total. The lowest BCUT2D eigenvalue weighted by molar-refractivity contribution is 0.158. The largest absolute Gasteiger partial charge is 0.383 e. The van der Waals surface area contributed by atoms with Crippen LogP contribution in [0.4, 0.5) is 5.69 Å². The van der Waals surface area contributed by atoms with E-state index in [1.165, 1.54) is 13.1 Å². The molecule has 0 aliphatic carbocycles. The van der Waals surface area contributed by atoms with Crippen molar-refractivity contribution in [3.63, 3.8) is 0 Å². The van der Waals surface area contributed by atoms with Gasteiger partial charge in [0.2, 0.25) is 0 Å². The van der Waals surface area contributed by atoms with Gasteiger partial charge in [0.1, 0.15) is 0 Å². The highest BCUT2D eigenvalue weighted by Gasteiger charge is 2.12. The van der Waals surface area contributed by atoms with Crippen molar-refractivity contribution in [3.8, 4) is 0 Å². The van der Waals surface area contributed by atoms with E-state index in [9.17, 15) is 0 Å². The molecule has 1 aromatic rings. The first-order chi connectivity index (χ1) is 8.65. The van der Waals surface area contributed by atoms with Crippen molar-refractivity contribution in [1.82, 2.24) is 9.80 Å². The molecule has 1 heterocycles. The number of rotatable bonds is 4. The standard InChI is InChI=1S/C13H19BrClN3/c1-17-6-8-18(9-7-17)5-4-16-13-10-11(15)2-3-12(13)14/h2-3,10,16H,4-9H2,1H3. The van der Waals surface area contributed by atoms with Crippen LogP contribution < -0.4 is 5.32 Å². The molecule has 100 valence electrons. The van der Waals surface area contributed by atoms with Crippen molar-refractivity contribution in [2.24, 2.45) is 0 Å². The van der Waals surface area contributed by atoms with Crippen molar-refractivity contribution >= 4 is 33.2 Å². The molecule has 3 nitrogen and oxygen atoms in total. The number of piperazine rings is 1. The summed E-state index contributed by atoms with van der Waals surface area (Å²) < 4.78 is 1.06. The van der Waals surface area contributed by atoms with Gasteiger partial charge in [0.05, 0.1) is 0 Å². The number of likely N-dealkylation sites (N-methyl/N-ethyl adjacent to an activating group) is 1. The minimum Gasteiger partial charge on any atom is -0.383 e. The molecule has 2 rings (SSSR count). The van der Waals surface area contributed by atoms with Crippen molar-refractivity contribution < 1.29 is 0 Å². The van der Waals surface area contributed by atoms with Gasteiger partial charge in [-0.1, -0.05) is 11.6 Å². The number of nitrogens with one attached hydrogen (secondary N) is 1. The SMILES string of the molecule is CN1CCN(CCNc2cc(Cl)ccc2Br)CC1. The predicted octanol–water partition coefficient (Wildman–Crippen LogP) is 2.76. The highest BCUT2D eigenvalue weighted by atomic mass is 79.9. The molecule has 1 aliphatic heterocycles. The van der Waals surface area contributed by atoms with Gasteiger partial charge in [-0.25, -0.2) is 0 Å². The minimum absolute atomic E-state index is 0.764. The number of halogens is 2. The summed E-state index contributed by atoms with van der Waals surface area (Å²) in [6.07, 6.45) is 0. The third-order valence-electron chi connectivity index (χ3n) is 3.27. The Balaban J connectivity index is 1.76. The first kappa shape index (κ1) is 14.1. The zero-order chi connectivity index (χ0) is 13.0. The number of hydrogen-bond acceptors (Lipinski definition) is 3. The highest BCUT2D eigenvalue weighted by Crippen LogP contribution is 2.25. The van der Waals surface area contributed by atoms with Crippen molar-refractivity contribution in [1.29, 1.82) is 0 Å². The zero-order valence-corrected chi connectivity index (χ0v) is 13.0. The molecule has 18 heavy (non-hydrogen) atoms. The van der Waals surface area contributed by atoms with Gasteiger partial charge in [-0.15, -0.1) is 0 Å². The van der Waals surface area contributed by atoms with Crippen LogP contribution >= 0.6 is 27.5 Å². The lowest BCUT2D eigenvalue weighted by Gasteiger charge is -2.32. The van der Waals surface area contributed by atoms with Crippen LogP contribution in [0.5, 0.6) is 0 Å². The van der Waals surface area contributed by atoms with Gasteiger partial charge in [-0.05, 0) is 41.2 Å². The molecule has 0 atom stereocenters. The van der Waals surface area contributed by atoms with Crippen LogP contribution in [0.25, 0.3) is 0 Å². The molecule has 0 bridgehead atoms. The van der Waals surface area contributed by atoms with Gasteiger partial charge in [-0.2, -0.15) is 0 Å². The third-order valence-corrected chi connectivity index (χ3v) is 4.19. The number of hydrogen-bond donors (Lipinski definition) is 1. The van der Waals surface area contributed by atoms with Crippen LogP contribution in [-0.2, 0) is 0 Å². The summed E-state index contributed by atoms with van der Waals surface area (Å²) in [5.41, 5.74) is 1.07. The number of benzene rings is 1. The maximum absolute atomic E-state index is 5.98. The lowest BCUT2D eigenvalue weighted by atomic mass is 10.3. The quantitative estimate of drug-likeness (QED) is 0.914. The zero-order valence-electron chi connectivity index (χ0n) is 10.6. The minimum atomic E-state index is 0.764. The first-order valence-corrected chi connectivity index (χ1v) is 7.42. The molecule has 1 saturated heterocycles. The Labute approximate surface area is 122 Å². The van der Waals surface area contributed by atoms with Crippen LogP contribution in [0.1, 0.15) is 0 Å². The van der Waals surface area contributed by atoms with Crippen LogP contribution in [0.3, 0.4) is 0 Å². The Hall–Kier alpha value is -0.290. The van der Waals surface area contributed by atoms with Crippen LogP contribution in [0.2, 0.25) is 5.02 Å². The number of anilines is 1. The van der Waals surface area contributed by atoms with Gasteiger partial charge in [-0.3, -0.25) is 4.90 Å². The summed E-state index contributed by atoms with van der Waals surface area (Å²) in [5, 5.41) is 4.19. The normalized spacial score (nSPS) is 17.9. The van der Waals surface area contributed by atoms with Crippen LogP contribution in [-0.4, -0.2) is 56.1 Å². The molecule has 1 aromatic carbocycles. The van der Waals surface area contributed by atoms with Crippen molar-refractivity contribution in [3.05, 3.63) is 27.7 Å². The Bertz CT molecular complexity index is 392. The van der Waals surface area contributed by atoms with E-state index < -0.39 is 0 Å². The van der Waals surface area contributed by atoms with Gasteiger partial charge >= 0.3 is 0 Å². The molecule has 1 aliphatic rings.